The first-order valence-corrected chi connectivity index (χ1v) is 5.92. The number of nitrogen functional groups attached to an aromatic ring is 1. The maximum Gasteiger partial charge on any atom is 0.0406 e. The van der Waals surface area contributed by atoms with Crippen LogP contribution in [0.15, 0.2) is 48.5 Å². The summed E-state index contributed by atoms with van der Waals surface area (Å²) in [6, 6.07) is 15.7. The van der Waals surface area contributed by atoms with Crippen LogP contribution in [0.1, 0.15) is 11.1 Å². The maximum atomic E-state index is 5.86. The van der Waals surface area contributed by atoms with Gasteiger partial charge in [0.25, 0.3) is 0 Å². The van der Waals surface area contributed by atoms with E-state index in [1.807, 2.05) is 48.5 Å². The van der Waals surface area contributed by atoms with Crippen molar-refractivity contribution in [1.82, 2.24) is 5.32 Å². The second-order valence-corrected chi connectivity index (χ2v) is 4.37. The highest BCUT2D eigenvalue weighted by molar-refractivity contribution is 6.30. The molecule has 17 heavy (non-hydrogen) atoms. The number of anilines is 1. The summed E-state index contributed by atoms with van der Waals surface area (Å²) in [4.78, 5) is 0. The molecule has 0 saturated carbocycles. The quantitative estimate of drug-likeness (QED) is 0.813. The highest BCUT2D eigenvalue weighted by Crippen LogP contribution is 2.11. The molecule has 0 atom stereocenters. The molecule has 0 bridgehead atoms. The summed E-state index contributed by atoms with van der Waals surface area (Å²) in [5.74, 6) is 0. The van der Waals surface area contributed by atoms with Crippen LogP contribution in [-0.4, -0.2) is 0 Å². The Balaban J connectivity index is 1.88. The molecule has 88 valence electrons. The van der Waals surface area contributed by atoms with Gasteiger partial charge in [-0.1, -0.05) is 41.9 Å². The largest absolute Gasteiger partial charge is 0.398 e. The van der Waals surface area contributed by atoms with Gasteiger partial charge in [0.1, 0.15) is 0 Å². The third kappa shape index (κ3) is 3.48. The van der Waals surface area contributed by atoms with E-state index < -0.39 is 0 Å². The SMILES string of the molecule is Nc1ccccc1CNCc1ccc(Cl)cc1. The molecule has 0 amide bonds. The smallest absolute Gasteiger partial charge is 0.0406 e. The number of nitrogens with two attached hydrogens (primary N) is 1. The Kier molecular flexibility index (Phi) is 4.02. The minimum atomic E-state index is 0.765. The zero-order valence-electron chi connectivity index (χ0n) is 9.49. The standard InChI is InChI=1S/C14H15ClN2/c15-13-7-5-11(6-8-13)9-17-10-12-3-1-2-4-14(12)16/h1-8,17H,9-10,16H2. The Hall–Kier alpha value is -1.51. The average molecular weight is 247 g/mol. The minimum Gasteiger partial charge on any atom is -0.398 e. The Morgan fingerprint density at radius 1 is 0.941 bits per heavy atom. The van der Waals surface area contributed by atoms with Crippen LogP contribution in [0.3, 0.4) is 0 Å². The van der Waals surface area contributed by atoms with Crippen molar-refractivity contribution in [3.63, 3.8) is 0 Å². The second kappa shape index (κ2) is 5.71. The van der Waals surface area contributed by atoms with Crippen LogP contribution in [0, 0.1) is 0 Å². The molecular weight excluding hydrogens is 232 g/mol. The summed E-state index contributed by atoms with van der Waals surface area (Å²) in [5.41, 5.74) is 9.03. The van der Waals surface area contributed by atoms with Gasteiger partial charge in [0.2, 0.25) is 0 Å². The van der Waals surface area contributed by atoms with Crippen LogP contribution in [0.25, 0.3) is 0 Å². The maximum absolute atomic E-state index is 5.86. The molecule has 0 aromatic heterocycles. The number of benzene rings is 2. The highest BCUT2D eigenvalue weighted by atomic mass is 35.5. The van der Waals surface area contributed by atoms with Gasteiger partial charge in [0.15, 0.2) is 0 Å². The molecule has 3 heteroatoms. The van der Waals surface area contributed by atoms with Gasteiger partial charge in [-0.05, 0) is 29.3 Å². The molecule has 2 nitrogen and oxygen atoms in total. The Labute approximate surface area is 106 Å². The summed E-state index contributed by atoms with van der Waals surface area (Å²) < 4.78 is 0. The molecule has 0 radical (unpaired) electrons. The van der Waals surface area contributed by atoms with E-state index in [2.05, 4.69) is 5.32 Å². The third-order valence-electron chi connectivity index (χ3n) is 2.61. The van der Waals surface area contributed by atoms with E-state index >= 15 is 0 Å². The van der Waals surface area contributed by atoms with Gasteiger partial charge in [-0.25, -0.2) is 0 Å². The number of rotatable bonds is 4. The van der Waals surface area contributed by atoms with Crippen molar-refractivity contribution in [2.45, 2.75) is 13.1 Å². The van der Waals surface area contributed by atoms with E-state index in [-0.39, 0.29) is 0 Å². The Bertz CT molecular complexity index is 480. The first-order valence-electron chi connectivity index (χ1n) is 5.54. The van der Waals surface area contributed by atoms with Gasteiger partial charge in [-0.3, -0.25) is 0 Å². The molecule has 0 fully saturated rings. The first-order chi connectivity index (χ1) is 8.25. The van der Waals surface area contributed by atoms with Crippen molar-refractivity contribution in [2.75, 3.05) is 5.73 Å². The number of nitrogens with one attached hydrogen (secondary N) is 1. The fourth-order valence-corrected chi connectivity index (χ4v) is 1.76. The lowest BCUT2D eigenvalue weighted by molar-refractivity contribution is 0.694. The molecule has 0 aliphatic rings. The van der Waals surface area contributed by atoms with Crippen LogP contribution >= 0.6 is 11.6 Å². The van der Waals surface area contributed by atoms with Gasteiger partial charge in [0.05, 0.1) is 0 Å². The molecule has 2 aromatic carbocycles. The van der Waals surface area contributed by atoms with Crippen molar-refractivity contribution in [2.24, 2.45) is 0 Å². The van der Waals surface area contributed by atoms with E-state index in [4.69, 9.17) is 17.3 Å². The predicted octanol–water partition coefficient (Wildman–Crippen LogP) is 3.21. The molecule has 0 heterocycles. The summed E-state index contributed by atoms with van der Waals surface area (Å²) in [6.45, 7) is 1.58. The third-order valence-corrected chi connectivity index (χ3v) is 2.86. The lowest BCUT2D eigenvalue weighted by atomic mass is 10.1. The lowest BCUT2D eigenvalue weighted by Gasteiger charge is -2.07. The van der Waals surface area contributed by atoms with Gasteiger partial charge in [-0.2, -0.15) is 0 Å². The first kappa shape index (κ1) is 12.0. The zero-order valence-corrected chi connectivity index (χ0v) is 10.2. The number of hydrogen-bond acceptors (Lipinski definition) is 2. The molecule has 0 aliphatic heterocycles. The Morgan fingerprint density at radius 2 is 1.65 bits per heavy atom. The van der Waals surface area contributed by atoms with Crippen molar-refractivity contribution in [3.8, 4) is 0 Å². The van der Waals surface area contributed by atoms with Crippen molar-refractivity contribution in [1.29, 1.82) is 0 Å². The summed E-state index contributed by atoms with van der Waals surface area (Å²) >= 11 is 5.83. The molecule has 0 aliphatic carbocycles. The monoisotopic (exact) mass is 246 g/mol. The second-order valence-electron chi connectivity index (χ2n) is 3.93. The van der Waals surface area contributed by atoms with Crippen LogP contribution < -0.4 is 11.1 Å². The Morgan fingerprint density at radius 3 is 2.35 bits per heavy atom. The average Bonchev–Trinajstić information content (AvgIpc) is 2.34. The number of para-hydroxylation sites is 1. The van der Waals surface area contributed by atoms with Gasteiger partial charge in [-0.15, -0.1) is 0 Å². The fourth-order valence-electron chi connectivity index (χ4n) is 1.64. The number of halogens is 1. The van der Waals surface area contributed by atoms with Gasteiger partial charge >= 0.3 is 0 Å². The van der Waals surface area contributed by atoms with Crippen LogP contribution in [-0.2, 0) is 13.1 Å². The minimum absolute atomic E-state index is 0.765. The molecule has 0 spiro atoms. The van der Waals surface area contributed by atoms with Crippen LogP contribution in [0.2, 0.25) is 5.02 Å². The van der Waals surface area contributed by atoms with Gasteiger partial charge in [0, 0.05) is 23.8 Å². The van der Waals surface area contributed by atoms with E-state index in [0.717, 1.165) is 29.4 Å². The van der Waals surface area contributed by atoms with Crippen molar-refractivity contribution in [3.05, 3.63) is 64.7 Å². The molecule has 3 N–H and O–H groups in total. The van der Waals surface area contributed by atoms with Crippen LogP contribution in [0.4, 0.5) is 5.69 Å². The van der Waals surface area contributed by atoms with Crippen LogP contribution in [0.5, 0.6) is 0 Å². The predicted molar refractivity (Wildman–Crippen MR) is 72.9 cm³/mol. The fraction of sp³-hybridized carbons (Fsp3) is 0.143. The molecule has 0 unspecified atom stereocenters. The normalized spacial score (nSPS) is 10.4. The molecular formula is C14H15ClN2. The number of hydrogen-bond donors (Lipinski definition) is 2. The summed E-state index contributed by atoms with van der Waals surface area (Å²) in [6.07, 6.45) is 0. The van der Waals surface area contributed by atoms with Gasteiger partial charge < -0.3 is 11.1 Å². The molecule has 2 rings (SSSR count). The van der Waals surface area contributed by atoms with Crippen molar-refractivity contribution < 1.29 is 0 Å². The van der Waals surface area contributed by atoms with E-state index in [0.29, 0.717) is 0 Å². The lowest BCUT2D eigenvalue weighted by Crippen LogP contribution is -2.13. The summed E-state index contributed by atoms with van der Waals surface area (Å²) in [7, 11) is 0. The zero-order chi connectivity index (χ0) is 12.1. The molecule has 2 aromatic rings. The molecule has 0 saturated heterocycles. The highest BCUT2D eigenvalue weighted by Gasteiger charge is 1.97. The van der Waals surface area contributed by atoms with Crippen molar-refractivity contribution >= 4 is 17.3 Å². The van der Waals surface area contributed by atoms with E-state index in [9.17, 15) is 0 Å². The van der Waals surface area contributed by atoms with E-state index in [1.165, 1.54) is 5.56 Å². The summed E-state index contributed by atoms with van der Waals surface area (Å²) in [5, 5.41) is 4.12. The van der Waals surface area contributed by atoms with E-state index in [1.54, 1.807) is 0 Å². The topological polar surface area (TPSA) is 38.0 Å².